The summed E-state index contributed by atoms with van der Waals surface area (Å²) in [4.78, 5) is 0. The maximum absolute atomic E-state index is 6.78. The van der Waals surface area contributed by atoms with Gasteiger partial charge in [0, 0.05) is 0 Å². The first kappa shape index (κ1) is 11.7. The molecule has 0 bridgehead atoms. The molecule has 0 N–H and O–H groups in total. The summed E-state index contributed by atoms with van der Waals surface area (Å²) in [6.45, 7) is 0. The predicted molar refractivity (Wildman–Crippen MR) is 48.2 cm³/mol. The zero-order chi connectivity index (χ0) is 9.40. The molecule has 12 heavy (non-hydrogen) atoms. The van der Waals surface area contributed by atoms with Crippen molar-refractivity contribution in [1.29, 1.82) is 0 Å². The fourth-order valence-corrected chi connectivity index (χ4v) is 0.674. The second-order valence-electron chi connectivity index (χ2n) is 1.85. The molecule has 0 aliphatic carbocycles. The van der Waals surface area contributed by atoms with Gasteiger partial charge in [-0.25, -0.2) is 0 Å². The molecule has 1 rings (SSSR count). The minimum absolute atomic E-state index is 0.765. The first-order valence-electron chi connectivity index (χ1n) is 3.20. The Balaban J connectivity index is 0.000000561. The van der Waals surface area contributed by atoms with Gasteiger partial charge in [0.05, 0.1) is 7.11 Å². The van der Waals surface area contributed by atoms with Gasteiger partial charge in [0.1, 0.15) is 5.75 Å². The topological polar surface area (TPSA) is 9.23 Å². The molecule has 0 aromatic heterocycles. The summed E-state index contributed by atoms with van der Waals surface area (Å²) in [5.74, 6) is 3.08. The molecule has 0 fully saturated rings. The zero-order valence-corrected chi connectivity index (χ0v) is 11.4. The van der Waals surface area contributed by atoms with Crippen molar-refractivity contribution in [2.45, 2.75) is 0 Å². The number of rotatable bonds is 1. The minimum atomic E-state index is 0.765. The van der Waals surface area contributed by atoms with E-state index in [4.69, 9.17) is 11.2 Å². The predicted octanol–water partition coefficient (Wildman–Crippen LogP) is 2.48. The van der Waals surface area contributed by atoms with Gasteiger partial charge in [0.25, 0.3) is 0 Å². The van der Waals surface area contributed by atoms with Gasteiger partial charge in [-0.3, -0.25) is 5.92 Å². The van der Waals surface area contributed by atoms with Crippen molar-refractivity contribution < 1.29 is 21.1 Å². The summed E-state index contributed by atoms with van der Waals surface area (Å²) in [6.07, 6.45) is 6.78. The second kappa shape index (κ2) is 7.34. The van der Waals surface area contributed by atoms with Crippen molar-refractivity contribution in [3.05, 3.63) is 36.3 Å². The van der Waals surface area contributed by atoms with Gasteiger partial charge in [-0.1, -0.05) is 0 Å². The van der Waals surface area contributed by atoms with Gasteiger partial charge in [0.2, 0.25) is 0 Å². The van der Waals surface area contributed by atoms with Crippen LogP contribution in [0.4, 0.5) is 0 Å². The first-order chi connectivity index (χ1) is 5.86. The van der Waals surface area contributed by atoms with E-state index < -0.39 is 0 Å². The van der Waals surface area contributed by atoms with Gasteiger partial charge in [-0.05, 0) is 12.1 Å². The van der Waals surface area contributed by atoms with Crippen LogP contribution < -0.4 is 4.74 Å². The molecule has 3 heteroatoms. The molecule has 0 amide bonds. The summed E-state index contributed by atoms with van der Waals surface area (Å²) in [7, 11) is 1.61. The fourth-order valence-electron chi connectivity index (χ4n) is 0.674. The molecule has 0 radical (unpaired) electrons. The second-order valence-corrected chi connectivity index (χ2v) is 1.85. The van der Waals surface area contributed by atoms with Crippen molar-refractivity contribution in [3.8, 4) is 11.7 Å². The average molecular weight is 276 g/mol. The van der Waals surface area contributed by atoms with E-state index in [9.17, 15) is 0 Å². The Kier molecular flexibility index (Phi) is 7.15. The summed E-state index contributed by atoms with van der Waals surface area (Å²) in [6, 6.07) is 7.17. The Labute approximate surface area is 89.5 Å². The summed E-state index contributed by atoms with van der Waals surface area (Å²) >= 11 is 4.25. The normalized spacial score (nSPS) is 7.58. The molecule has 0 spiro atoms. The maximum atomic E-state index is 6.78. The van der Waals surface area contributed by atoms with Crippen LogP contribution in [0.2, 0.25) is 0 Å². The molecule has 0 saturated carbocycles. The van der Waals surface area contributed by atoms with E-state index in [1.807, 2.05) is 0 Å². The van der Waals surface area contributed by atoms with E-state index in [1.54, 1.807) is 31.4 Å². The number of benzene rings is 1. The molecule has 0 aliphatic heterocycles. The Morgan fingerprint density at radius 3 is 2.17 bits per heavy atom. The molecule has 1 aromatic carbocycles. The van der Waals surface area contributed by atoms with Crippen molar-refractivity contribution in [1.82, 2.24) is 0 Å². The third-order valence-electron chi connectivity index (χ3n) is 1.23. The van der Waals surface area contributed by atoms with E-state index in [0.717, 1.165) is 11.3 Å². The van der Waals surface area contributed by atoms with Crippen LogP contribution in [0.5, 0.6) is 5.75 Å². The van der Waals surface area contributed by atoms with Crippen LogP contribution in [-0.2, 0) is 16.3 Å². The monoisotopic (exact) mass is 274 g/mol. The Morgan fingerprint density at radius 2 is 1.83 bits per heavy atom. The van der Waals surface area contributed by atoms with Crippen LogP contribution in [0.25, 0.3) is 0 Å². The fraction of sp³-hybridized carbons (Fsp3) is 0.111. The molecule has 0 unspecified atom stereocenters. The number of methoxy groups -OCH3 is 1. The van der Waals surface area contributed by atoms with Gasteiger partial charge in [-0.2, -0.15) is 0 Å². The zero-order valence-electron chi connectivity index (χ0n) is 6.80. The number of ether oxygens (including phenoxy) is 1. The van der Waals surface area contributed by atoms with E-state index >= 15 is 0 Å². The molecule has 1 aromatic rings. The quantitative estimate of drug-likeness (QED) is 0.435. The molecular formula is C9H7BrOZn. The summed E-state index contributed by atoms with van der Waals surface area (Å²) < 4.78 is 4.92. The van der Waals surface area contributed by atoms with Crippen molar-refractivity contribution >= 4 is 13.6 Å². The van der Waals surface area contributed by atoms with E-state index in [-0.39, 0.29) is 0 Å². The third kappa shape index (κ3) is 3.90. The van der Waals surface area contributed by atoms with Crippen molar-refractivity contribution in [2.75, 3.05) is 7.11 Å². The number of hydrogen-bond donors (Lipinski definition) is 0. The first-order valence-corrected chi connectivity index (χ1v) is 10.1. The molecular weight excluding hydrogens is 269 g/mol. The molecule has 0 saturated heterocycles. The molecule has 0 heterocycles. The van der Waals surface area contributed by atoms with Crippen LogP contribution in [0, 0.1) is 12.3 Å². The van der Waals surface area contributed by atoms with E-state index in [2.05, 4.69) is 19.5 Å². The summed E-state index contributed by atoms with van der Waals surface area (Å²) in [5, 5.41) is 0. The van der Waals surface area contributed by atoms with Crippen LogP contribution in [0.3, 0.4) is 0 Å². The van der Waals surface area contributed by atoms with Crippen LogP contribution >= 0.6 is 13.6 Å². The van der Waals surface area contributed by atoms with Gasteiger partial charge < -0.3 is 11.2 Å². The standard InChI is InChI=1S/C9H7O.BrH.Zn/c1-3-8-4-6-9(10-2)7-5-8;;/h4-7H,2H3;1H;/q-1;;+2/p-1. The van der Waals surface area contributed by atoms with Crippen LogP contribution in [0.15, 0.2) is 24.3 Å². The van der Waals surface area contributed by atoms with Crippen molar-refractivity contribution in [2.24, 2.45) is 0 Å². The molecule has 1 nitrogen and oxygen atoms in total. The Bertz CT molecular complexity index is 250. The molecule has 0 atom stereocenters. The summed E-state index contributed by atoms with van der Waals surface area (Å²) in [5.41, 5.74) is 0.765. The molecule has 0 aliphatic rings. The van der Waals surface area contributed by atoms with Crippen molar-refractivity contribution in [3.63, 3.8) is 0 Å². The van der Waals surface area contributed by atoms with Gasteiger partial charge >= 0.3 is 30.0 Å². The van der Waals surface area contributed by atoms with Gasteiger partial charge in [0.15, 0.2) is 0 Å². The van der Waals surface area contributed by atoms with Crippen LogP contribution in [0.1, 0.15) is 5.56 Å². The average Bonchev–Trinajstić information content (AvgIpc) is 2.21. The third-order valence-corrected chi connectivity index (χ3v) is 1.23. The molecule has 58 valence electrons. The van der Waals surface area contributed by atoms with E-state index in [1.165, 1.54) is 16.3 Å². The Hall–Kier alpha value is -0.317. The van der Waals surface area contributed by atoms with E-state index in [0.29, 0.717) is 0 Å². The SMILES string of the molecule is [C-]#Cc1ccc(OC)cc1.[Zn+][Br]. The number of halogens is 1. The number of hydrogen-bond acceptors (Lipinski definition) is 1. The van der Waals surface area contributed by atoms with Crippen LogP contribution in [-0.4, -0.2) is 7.11 Å². The Morgan fingerprint density at radius 1 is 1.33 bits per heavy atom. The van der Waals surface area contributed by atoms with Gasteiger partial charge in [-0.15, -0.1) is 17.7 Å².